The Morgan fingerprint density at radius 2 is 1.68 bits per heavy atom. The maximum atomic E-state index is 13.5. The van der Waals surface area contributed by atoms with E-state index in [2.05, 4.69) is 10.4 Å². The van der Waals surface area contributed by atoms with E-state index < -0.39 is 5.69 Å². The fourth-order valence-corrected chi connectivity index (χ4v) is 4.36. The Morgan fingerprint density at radius 1 is 0.971 bits per heavy atom. The number of hydrogen-bond donors (Lipinski definition) is 1. The molecule has 2 aromatic carbocycles. The van der Waals surface area contributed by atoms with Crippen molar-refractivity contribution in [2.45, 2.75) is 19.9 Å². The van der Waals surface area contributed by atoms with Crippen LogP contribution in [-0.2, 0) is 31.9 Å². The zero-order valence-electron chi connectivity index (χ0n) is 19.1. The number of carbonyl (C=O) groups excluding carboxylic acids is 1. The summed E-state index contributed by atoms with van der Waals surface area (Å²) in [5.41, 5.74) is 3.41. The van der Waals surface area contributed by atoms with Gasteiger partial charge in [-0.15, -0.1) is 5.10 Å². The summed E-state index contributed by atoms with van der Waals surface area (Å²) in [7, 11) is 3.34. The summed E-state index contributed by atoms with van der Waals surface area (Å²) in [4.78, 5) is 39.4. The summed E-state index contributed by atoms with van der Waals surface area (Å²) in [5.74, 6) is -0.198. The van der Waals surface area contributed by atoms with Crippen LogP contribution in [0.1, 0.15) is 12.5 Å². The van der Waals surface area contributed by atoms with E-state index in [1.54, 1.807) is 18.7 Å². The number of aryl methyl sites for hydroxylation is 3. The van der Waals surface area contributed by atoms with Gasteiger partial charge < -0.3 is 9.88 Å². The molecule has 0 saturated carbocycles. The number of benzene rings is 2. The molecule has 0 aliphatic rings. The number of rotatable bonds is 5. The Morgan fingerprint density at radius 3 is 2.41 bits per heavy atom. The zero-order valence-corrected chi connectivity index (χ0v) is 19.1. The van der Waals surface area contributed by atoms with Gasteiger partial charge in [0.05, 0.1) is 5.52 Å². The molecule has 1 N–H and O–H groups in total. The van der Waals surface area contributed by atoms with Crippen LogP contribution in [0.4, 0.5) is 5.69 Å². The van der Waals surface area contributed by atoms with E-state index >= 15 is 0 Å². The highest BCUT2D eigenvalue weighted by molar-refractivity contribution is 5.94. The van der Waals surface area contributed by atoms with Gasteiger partial charge in [-0.1, -0.05) is 55.5 Å². The quantitative estimate of drug-likeness (QED) is 0.440. The molecule has 172 valence electrons. The van der Waals surface area contributed by atoms with Crippen LogP contribution in [0.25, 0.3) is 27.9 Å². The van der Waals surface area contributed by atoms with Gasteiger partial charge in [0, 0.05) is 31.5 Å². The highest BCUT2D eigenvalue weighted by Crippen LogP contribution is 2.28. The molecular formula is C25H24N6O3. The number of aromatic nitrogens is 5. The second-order valence-electron chi connectivity index (χ2n) is 8.22. The first-order valence-corrected chi connectivity index (χ1v) is 11.0. The van der Waals surface area contributed by atoms with Crippen LogP contribution in [0, 0.1) is 0 Å². The highest BCUT2D eigenvalue weighted by atomic mass is 16.2. The van der Waals surface area contributed by atoms with E-state index in [0.717, 1.165) is 27.8 Å². The Bertz CT molecular complexity index is 1670. The third-order valence-electron chi connectivity index (χ3n) is 6.06. The molecule has 0 fully saturated rings. The molecule has 9 heteroatoms. The van der Waals surface area contributed by atoms with E-state index in [9.17, 15) is 14.4 Å². The number of nitrogens with one attached hydrogen (secondary N) is 1. The third kappa shape index (κ3) is 3.33. The van der Waals surface area contributed by atoms with Crippen LogP contribution in [0.2, 0.25) is 0 Å². The fourth-order valence-electron chi connectivity index (χ4n) is 4.36. The normalized spacial score (nSPS) is 11.4. The number of fused-ring (bicyclic) bond motifs is 3. The zero-order chi connectivity index (χ0) is 24.0. The smallest absolute Gasteiger partial charge is 0.344 e. The van der Waals surface area contributed by atoms with Crippen LogP contribution in [0.3, 0.4) is 0 Å². The molecule has 0 atom stereocenters. The monoisotopic (exact) mass is 456 g/mol. The van der Waals surface area contributed by atoms with Crippen LogP contribution in [0.15, 0.2) is 70.4 Å². The van der Waals surface area contributed by atoms with Gasteiger partial charge in [-0.05, 0) is 23.6 Å². The highest BCUT2D eigenvalue weighted by Gasteiger charge is 2.22. The van der Waals surface area contributed by atoms with Gasteiger partial charge in [-0.25, -0.2) is 13.9 Å². The largest absolute Gasteiger partial charge is 0.352 e. The van der Waals surface area contributed by atoms with Crippen molar-refractivity contribution in [2.75, 3.05) is 5.32 Å². The van der Waals surface area contributed by atoms with E-state index in [4.69, 9.17) is 0 Å². The van der Waals surface area contributed by atoms with E-state index in [0.29, 0.717) is 16.7 Å². The van der Waals surface area contributed by atoms with Crippen molar-refractivity contribution in [3.05, 3.63) is 87.2 Å². The Balaban J connectivity index is 1.66. The van der Waals surface area contributed by atoms with Gasteiger partial charge >= 0.3 is 5.69 Å². The molecule has 34 heavy (non-hydrogen) atoms. The van der Waals surface area contributed by atoms with Gasteiger partial charge in [0.1, 0.15) is 12.1 Å². The molecule has 5 aromatic rings. The number of para-hydroxylation sites is 1. The molecule has 3 aromatic heterocycles. The first kappa shape index (κ1) is 21.4. The van der Waals surface area contributed by atoms with Gasteiger partial charge in [0.25, 0.3) is 5.56 Å². The van der Waals surface area contributed by atoms with Gasteiger partial charge in [0.15, 0.2) is 0 Å². The first-order valence-electron chi connectivity index (χ1n) is 11.0. The maximum Gasteiger partial charge on any atom is 0.352 e. The number of nitrogens with zero attached hydrogens (tertiary/aromatic N) is 5. The number of amides is 1. The Labute approximate surface area is 194 Å². The van der Waals surface area contributed by atoms with Crippen molar-refractivity contribution in [2.24, 2.45) is 14.1 Å². The predicted octanol–water partition coefficient (Wildman–Crippen LogP) is 2.55. The number of hydrogen-bond acceptors (Lipinski definition) is 4. The summed E-state index contributed by atoms with van der Waals surface area (Å²) in [6.07, 6.45) is 2.60. The lowest BCUT2D eigenvalue weighted by atomic mass is 10.1. The van der Waals surface area contributed by atoms with Crippen LogP contribution in [-0.4, -0.2) is 29.2 Å². The van der Waals surface area contributed by atoms with E-state index in [1.165, 1.54) is 8.97 Å². The van der Waals surface area contributed by atoms with Gasteiger partial charge in [0.2, 0.25) is 11.7 Å². The van der Waals surface area contributed by atoms with Crippen LogP contribution >= 0.6 is 0 Å². The standard InChI is InChI=1S/C25H24N6O3/c1-4-16-10-8-9-13-19(16)26-20(32)15-30-25(34)31-21-18(17-11-6-5-7-12-17)14-28(2)22(21)23(33)29(3)24(31)27-30/h5-14H,4,15H2,1-3H3,(H,26,32). The minimum Gasteiger partial charge on any atom is -0.344 e. The van der Waals surface area contributed by atoms with E-state index in [-0.39, 0.29) is 23.8 Å². The molecule has 9 nitrogen and oxygen atoms in total. The lowest BCUT2D eigenvalue weighted by Gasteiger charge is -2.09. The molecular weight excluding hydrogens is 432 g/mol. The van der Waals surface area contributed by atoms with Crippen molar-refractivity contribution in [3.63, 3.8) is 0 Å². The summed E-state index contributed by atoms with van der Waals surface area (Å²) in [5, 5.41) is 7.22. The summed E-state index contributed by atoms with van der Waals surface area (Å²) >= 11 is 0. The van der Waals surface area contributed by atoms with Crippen molar-refractivity contribution < 1.29 is 4.79 Å². The molecule has 0 radical (unpaired) electrons. The van der Waals surface area contributed by atoms with Crippen molar-refractivity contribution in [1.29, 1.82) is 0 Å². The Kier molecular flexibility index (Phi) is 5.16. The van der Waals surface area contributed by atoms with Crippen molar-refractivity contribution >= 4 is 28.4 Å². The molecule has 5 rings (SSSR count). The van der Waals surface area contributed by atoms with Crippen LogP contribution in [0.5, 0.6) is 0 Å². The van der Waals surface area contributed by atoms with Crippen molar-refractivity contribution in [3.8, 4) is 11.1 Å². The minimum atomic E-state index is -0.488. The lowest BCUT2D eigenvalue weighted by Crippen LogP contribution is -2.29. The minimum absolute atomic E-state index is 0.174. The summed E-state index contributed by atoms with van der Waals surface area (Å²) in [6, 6.07) is 17.1. The summed E-state index contributed by atoms with van der Waals surface area (Å²) in [6.45, 7) is 1.73. The molecule has 3 heterocycles. The molecule has 0 bridgehead atoms. The third-order valence-corrected chi connectivity index (χ3v) is 6.06. The van der Waals surface area contributed by atoms with Crippen molar-refractivity contribution in [1.82, 2.24) is 23.3 Å². The number of carbonyl (C=O) groups is 1. The number of anilines is 1. The molecule has 0 saturated heterocycles. The fraction of sp³-hybridized carbons (Fsp3) is 0.200. The Hall–Kier alpha value is -4.40. The molecule has 0 aliphatic heterocycles. The average molecular weight is 457 g/mol. The van der Waals surface area contributed by atoms with Gasteiger partial charge in [-0.3, -0.25) is 14.2 Å². The first-order chi connectivity index (χ1) is 16.4. The van der Waals surface area contributed by atoms with E-state index in [1.807, 2.05) is 67.7 Å². The topological polar surface area (TPSA) is 95.3 Å². The maximum absolute atomic E-state index is 13.5. The second-order valence-corrected chi connectivity index (χ2v) is 8.22. The second kappa shape index (κ2) is 8.18. The average Bonchev–Trinajstić information content (AvgIpc) is 3.35. The van der Waals surface area contributed by atoms with Gasteiger partial charge in [-0.2, -0.15) is 0 Å². The molecule has 0 spiro atoms. The molecule has 1 amide bonds. The summed E-state index contributed by atoms with van der Waals surface area (Å²) < 4.78 is 5.56. The van der Waals surface area contributed by atoms with Crippen LogP contribution < -0.4 is 16.6 Å². The SMILES string of the molecule is CCc1ccccc1NC(=O)Cn1nc2n(C)c(=O)c3c(c(-c4ccccc4)cn3C)n2c1=O. The molecule has 0 unspecified atom stereocenters. The predicted molar refractivity (Wildman–Crippen MR) is 131 cm³/mol. The molecule has 0 aliphatic carbocycles. The lowest BCUT2D eigenvalue weighted by molar-refractivity contribution is -0.117.